The maximum Gasteiger partial charge on any atom is 0.258 e. The fourth-order valence-electron chi connectivity index (χ4n) is 1.99. The summed E-state index contributed by atoms with van der Waals surface area (Å²) in [6, 6.07) is 7.19. The lowest BCUT2D eigenvalue weighted by molar-refractivity contribution is -0.127. The van der Waals surface area contributed by atoms with Crippen LogP contribution in [0.1, 0.15) is 24.8 Å². The van der Waals surface area contributed by atoms with E-state index in [9.17, 15) is 9.59 Å². The molecule has 0 aromatic heterocycles. The molecule has 0 heterocycles. The van der Waals surface area contributed by atoms with Gasteiger partial charge in [0.1, 0.15) is 5.75 Å². The number of carbonyl (C=O) groups excluding carboxylic acids is 2. The minimum absolute atomic E-state index is 0.0488. The first-order valence-electron chi connectivity index (χ1n) is 6.17. The van der Waals surface area contributed by atoms with Crippen molar-refractivity contribution in [2.45, 2.75) is 32.2 Å². The first-order chi connectivity index (χ1) is 8.65. The van der Waals surface area contributed by atoms with Crippen LogP contribution in [-0.2, 0) is 9.59 Å². The molecule has 1 N–H and O–H groups in total. The van der Waals surface area contributed by atoms with Gasteiger partial charge in [-0.2, -0.15) is 0 Å². The standard InChI is InChI=1S/C14H17NO3/c1-10-5-7-11(8-6-10)18-9-14(17)15-12-3-2-4-13(12)16/h5-8,12H,2-4,9H2,1H3,(H,15,17). The number of amides is 1. The van der Waals surface area contributed by atoms with E-state index in [0.717, 1.165) is 18.4 Å². The van der Waals surface area contributed by atoms with Gasteiger partial charge in [-0.3, -0.25) is 9.59 Å². The molecule has 0 aliphatic heterocycles. The van der Waals surface area contributed by atoms with Gasteiger partial charge in [0.2, 0.25) is 0 Å². The lowest BCUT2D eigenvalue weighted by Gasteiger charge is -2.11. The fraction of sp³-hybridized carbons (Fsp3) is 0.429. The Bertz CT molecular complexity index is 439. The second kappa shape index (κ2) is 5.67. The summed E-state index contributed by atoms with van der Waals surface area (Å²) >= 11 is 0. The van der Waals surface area contributed by atoms with Crippen LogP contribution in [0.2, 0.25) is 0 Å². The zero-order chi connectivity index (χ0) is 13.0. The van der Waals surface area contributed by atoms with Gasteiger partial charge in [0, 0.05) is 6.42 Å². The SMILES string of the molecule is Cc1ccc(OCC(=O)NC2CCCC2=O)cc1. The van der Waals surface area contributed by atoms with E-state index in [-0.39, 0.29) is 24.3 Å². The quantitative estimate of drug-likeness (QED) is 0.879. The molecular formula is C14H17NO3. The van der Waals surface area contributed by atoms with E-state index in [1.807, 2.05) is 31.2 Å². The maximum atomic E-state index is 11.6. The van der Waals surface area contributed by atoms with Crippen molar-refractivity contribution in [1.82, 2.24) is 5.32 Å². The van der Waals surface area contributed by atoms with Gasteiger partial charge in [-0.1, -0.05) is 17.7 Å². The van der Waals surface area contributed by atoms with Crippen molar-refractivity contribution in [3.05, 3.63) is 29.8 Å². The summed E-state index contributed by atoms with van der Waals surface area (Å²) < 4.78 is 5.34. The van der Waals surface area contributed by atoms with Gasteiger partial charge < -0.3 is 10.1 Å². The molecule has 0 spiro atoms. The third-order valence-corrected chi connectivity index (χ3v) is 3.03. The van der Waals surface area contributed by atoms with E-state index in [1.54, 1.807) is 0 Å². The Labute approximate surface area is 106 Å². The number of ketones is 1. The topological polar surface area (TPSA) is 55.4 Å². The van der Waals surface area contributed by atoms with Gasteiger partial charge in [0.05, 0.1) is 6.04 Å². The highest BCUT2D eigenvalue weighted by atomic mass is 16.5. The Morgan fingerprint density at radius 3 is 2.72 bits per heavy atom. The largest absolute Gasteiger partial charge is 0.484 e. The Morgan fingerprint density at radius 2 is 2.11 bits per heavy atom. The summed E-state index contributed by atoms with van der Waals surface area (Å²) in [5.41, 5.74) is 1.14. The molecule has 1 aromatic rings. The maximum absolute atomic E-state index is 11.6. The van der Waals surface area contributed by atoms with Gasteiger partial charge in [0.25, 0.3) is 5.91 Å². The summed E-state index contributed by atoms with van der Waals surface area (Å²) in [5, 5.41) is 2.70. The van der Waals surface area contributed by atoms with Crippen LogP contribution in [0.3, 0.4) is 0 Å². The van der Waals surface area contributed by atoms with Crippen LogP contribution in [0.4, 0.5) is 0 Å². The highest BCUT2D eigenvalue weighted by Gasteiger charge is 2.25. The predicted octanol–water partition coefficient (Wildman–Crippen LogP) is 1.61. The summed E-state index contributed by atoms with van der Waals surface area (Å²) in [6.45, 7) is 1.94. The summed E-state index contributed by atoms with van der Waals surface area (Å²) in [7, 11) is 0. The second-order valence-corrected chi connectivity index (χ2v) is 4.58. The number of ether oxygens (including phenoxy) is 1. The highest BCUT2D eigenvalue weighted by molar-refractivity contribution is 5.90. The molecule has 4 heteroatoms. The molecule has 1 atom stereocenters. The Balaban J connectivity index is 1.78. The highest BCUT2D eigenvalue weighted by Crippen LogP contribution is 2.14. The lowest BCUT2D eigenvalue weighted by atomic mass is 10.2. The molecule has 2 rings (SSSR count). The number of Topliss-reactive ketones (excluding diaryl/α,β-unsaturated/α-hetero) is 1. The van der Waals surface area contributed by atoms with Gasteiger partial charge in [0.15, 0.2) is 12.4 Å². The second-order valence-electron chi connectivity index (χ2n) is 4.58. The minimum atomic E-state index is -0.306. The van der Waals surface area contributed by atoms with Crippen molar-refractivity contribution in [2.24, 2.45) is 0 Å². The normalized spacial score (nSPS) is 18.7. The molecular weight excluding hydrogens is 230 g/mol. The van der Waals surface area contributed by atoms with Gasteiger partial charge in [-0.05, 0) is 31.9 Å². The molecule has 1 saturated carbocycles. The van der Waals surface area contributed by atoms with Crippen LogP contribution in [-0.4, -0.2) is 24.3 Å². The molecule has 0 saturated heterocycles. The summed E-state index contributed by atoms with van der Waals surface area (Å²) in [5.74, 6) is 0.544. The van der Waals surface area contributed by atoms with Crippen LogP contribution in [0.5, 0.6) is 5.75 Å². The van der Waals surface area contributed by atoms with Gasteiger partial charge in [-0.15, -0.1) is 0 Å². The smallest absolute Gasteiger partial charge is 0.258 e. The van der Waals surface area contributed by atoms with Crippen LogP contribution >= 0.6 is 0 Å². The third-order valence-electron chi connectivity index (χ3n) is 3.03. The Morgan fingerprint density at radius 1 is 1.39 bits per heavy atom. The van der Waals surface area contributed by atoms with E-state index >= 15 is 0 Å². The molecule has 1 aromatic carbocycles. The predicted molar refractivity (Wildman–Crippen MR) is 67.5 cm³/mol. The van der Waals surface area contributed by atoms with Crippen LogP contribution in [0.15, 0.2) is 24.3 Å². The lowest BCUT2D eigenvalue weighted by Crippen LogP contribution is -2.40. The van der Waals surface area contributed by atoms with Crippen molar-refractivity contribution >= 4 is 11.7 Å². The molecule has 18 heavy (non-hydrogen) atoms. The Kier molecular flexibility index (Phi) is 3.97. The van der Waals surface area contributed by atoms with E-state index in [0.29, 0.717) is 12.2 Å². The zero-order valence-electron chi connectivity index (χ0n) is 10.4. The average Bonchev–Trinajstić information content (AvgIpc) is 2.74. The van der Waals surface area contributed by atoms with Gasteiger partial charge >= 0.3 is 0 Å². The fourth-order valence-corrected chi connectivity index (χ4v) is 1.99. The van der Waals surface area contributed by atoms with Crippen molar-refractivity contribution in [2.75, 3.05) is 6.61 Å². The number of hydrogen-bond donors (Lipinski definition) is 1. The Hall–Kier alpha value is -1.84. The summed E-state index contributed by atoms with van der Waals surface area (Å²) in [6.07, 6.45) is 2.18. The molecule has 1 fully saturated rings. The number of nitrogens with one attached hydrogen (secondary N) is 1. The van der Waals surface area contributed by atoms with Gasteiger partial charge in [-0.25, -0.2) is 0 Å². The van der Waals surface area contributed by atoms with E-state index < -0.39 is 0 Å². The minimum Gasteiger partial charge on any atom is -0.484 e. The molecule has 0 bridgehead atoms. The number of hydrogen-bond acceptors (Lipinski definition) is 3. The van der Waals surface area contributed by atoms with Crippen molar-refractivity contribution < 1.29 is 14.3 Å². The molecule has 4 nitrogen and oxygen atoms in total. The average molecular weight is 247 g/mol. The van der Waals surface area contributed by atoms with E-state index in [2.05, 4.69) is 5.32 Å². The molecule has 1 unspecified atom stereocenters. The van der Waals surface area contributed by atoms with E-state index in [1.165, 1.54) is 0 Å². The molecule has 0 radical (unpaired) electrons. The third kappa shape index (κ3) is 3.32. The molecule has 1 aliphatic rings. The zero-order valence-corrected chi connectivity index (χ0v) is 10.4. The first kappa shape index (κ1) is 12.6. The number of carbonyl (C=O) groups is 2. The van der Waals surface area contributed by atoms with Crippen molar-refractivity contribution in [3.63, 3.8) is 0 Å². The molecule has 1 aliphatic carbocycles. The van der Waals surface area contributed by atoms with Crippen molar-refractivity contribution in [1.29, 1.82) is 0 Å². The summed E-state index contributed by atoms with van der Waals surface area (Å²) in [4.78, 5) is 23.0. The van der Waals surface area contributed by atoms with Crippen LogP contribution < -0.4 is 10.1 Å². The molecule has 1 amide bonds. The number of rotatable bonds is 4. The monoisotopic (exact) mass is 247 g/mol. The number of aryl methyl sites for hydroxylation is 1. The van der Waals surface area contributed by atoms with Crippen LogP contribution in [0.25, 0.3) is 0 Å². The first-order valence-corrected chi connectivity index (χ1v) is 6.17. The molecule has 96 valence electrons. The van der Waals surface area contributed by atoms with Crippen molar-refractivity contribution in [3.8, 4) is 5.75 Å². The van der Waals surface area contributed by atoms with E-state index in [4.69, 9.17) is 4.74 Å². The van der Waals surface area contributed by atoms with Crippen LogP contribution in [0, 0.1) is 6.92 Å². The number of benzene rings is 1.